The van der Waals surface area contributed by atoms with Gasteiger partial charge in [-0.3, -0.25) is 9.59 Å². The van der Waals surface area contributed by atoms with Crippen molar-refractivity contribution >= 4 is 23.5 Å². The average Bonchev–Trinajstić information content (AvgIpc) is 2.94. The highest BCUT2D eigenvalue weighted by Crippen LogP contribution is 2.22. The van der Waals surface area contributed by atoms with Crippen molar-refractivity contribution in [1.82, 2.24) is 10.5 Å². The number of nitrogens with one attached hydrogen (secondary N) is 1. The predicted molar refractivity (Wildman–Crippen MR) is 76.2 cm³/mol. The van der Waals surface area contributed by atoms with E-state index in [9.17, 15) is 9.59 Å². The highest BCUT2D eigenvalue weighted by atomic mass is 35.5. The summed E-state index contributed by atoms with van der Waals surface area (Å²) in [4.78, 5) is 22.1. The second kappa shape index (κ2) is 6.90. The third-order valence-corrected chi connectivity index (χ3v) is 2.98. The molecular weight excluding hydrogens is 296 g/mol. The molecule has 110 valence electrons. The van der Waals surface area contributed by atoms with Crippen molar-refractivity contribution in [3.63, 3.8) is 0 Å². The molecule has 6 nitrogen and oxygen atoms in total. The molecule has 0 atom stereocenters. The maximum absolute atomic E-state index is 11.8. The van der Waals surface area contributed by atoms with Gasteiger partial charge in [0, 0.05) is 29.6 Å². The maximum Gasteiger partial charge on any atom is 0.303 e. The molecule has 0 aliphatic heterocycles. The SMILES string of the molecule is O=C(O)CCCNC(=O)c1cc(-c2ccc(Cl)cc2)on1. The number of halogens is 1. The zero-order valence-corrected chi connectivity index (χ0v) is 11.8. The van der Waals surface area contributed by atoms with E-state index < -0.39 is 11.9 Å². The molecule has 2 rings (SSSR count). The second-order valence-electron chi connectivity index (χ2n) is 4.34. The fourth-order valence-electron chi connectivity index (χ4n) is 1.66. The normalized spacial score (nSPS) is 10.3. The Bertz CT molecular complexity index is 637. The fourth-order valence-corrected chi connectivity index (χ4v) is 1.79. The minimum atomic E-state index is -0.893. The number of benzene rings is 1. The Labute approximate surface area is 125 Å². The van der Waals surface area contributed by atoms with Crippen LogP contribution >= 0.6 is 11.6 Å². The molecule has 0 spiro atoms. The van der Waals surface area contributed by atoms with Gasteiger partial charge < -0.3 is 14.9 Å². The van der Waals surface area contributed by atoms with E-state index in [-0.39, 0.29) is 18.7 Å². The standard InChI is InChI=1S/C14H13ClN2O4/c15-10-5-3-9(4-6-10)12-8-11(17-21-12)14(20)16-7-1-2-13(18)19/h3-6,8H,1-2,7H2,(H,16,20)(H,18,19). The highest BCUT2D eigenvalue weighted by molar-refractivity contribution is 6.30. The maximum atomic E-state index is 11.8. The average molecular weight is 309 g/mol. The molecule has 2 N–H and O–H groups in total. The Morgan fingerprint density at radius 2 is 2.00 bits per heavy atom. The molecule has 7 heteroatoms. The lowest BCUT2D eigenvalue weighted by Gasteiger charge is -2.00. The summed E-state index contributed by atoms with van der Waals surface area (Å²) in [7, 11) is 0. The molecule has 0 saturated heterocycles. The molecule has 0 fully saturated rings. The minimum absolute atomic E-state index is 0.00905. The number of hydrogen-bond acceptors (Lipinski definition) is 4. The molecular formula is C14H13ClN2O4. The summed E-state index contributed by atoms with van der Waals surface area (Å²) in [5.74, 6) is -0.831. The third kappa shape index (κ3) is 4.32. The van der Waals surface area contributed by atoms with Gasteiger partial charge in [0.25, 0.3) is 5.91 Å². The first-order chi connectivity index (χ1) is 10.1. The number of carbonyl (C=O) groups excluding carboxylic acids is 1. The molecule has 21 heavy (non-hydrogen) atoms. The third-order valence-electron chi connectivity index (χ3n) is 2.72. The van der Waals surface area contributed by atoms with E-state index in [4.69, 9.17) is 21.2 Å². The number of hydrogen-bond donors (Lipinski definition) is 2. The van der Waals surface area contributed by atoms with Crippen LogP contribution in [0.1, 0.15) is 23.3 Å². The minimum Gasteiger partial charge on any atom is -0.481 e. The number of aliphatic carboxylic acids is 1. The van der Waals surface area contributed by atoms with Crippen molar-refractivity contribution in [3.8, 4) is 11.3 Å². The van der Waals surface area contributed by atoms with E-state index in [1.807, 2.05) is 0 Å². The van der Waals surface area contributed by atoms with Crippen LogP contribution in [0.3, 0.4) is 0 Å². The van der Waals surface area contributed by atoms with Crippen LogP contribution in [0.2, 0.25) is 5.02 Å². The Balaban J connectivity index is 1.94. The number of carboxylic acid groups (broad SMARTS) is 1. The number of nitrogens with zero attached hydrogens (tertiary/aromatic N) is 1. The largest absolute Gasteiger partial charge is 0.481 e. The first-order valence-corrected chi connectivity index (χ1v) is 6.66. The van der Waals surface area contributed by atoms with Gasteiger partial charge in [0.05, 0.1) is 0 Å². The van der Waals surface area contributed by atoms with Gasteiger partial charge >= 0.3 is 5.97 Å². The van der Waals surface area contributed by atoms with Gasteiger partial charge in [-0.1, -0.05) is 16.8 Å². The van der Waals surface area contributed by atoms with Gasteiger partial charge in [0.1, 0.15) is 0 Å². The predicted octanol–water partition coefficient (Wildman–Crippen LogP) is 2.59. The Hall–Kier alpha value is -2.34. The first-order valence-electron chi connectivity index (χ1n) is 6.29. The van der Waals surface area contributed by atoms with Crippen LogP contribution in [-0.4, -0.2) is 28.7 Å². The molecule has 0 unspecified atom stereocenters. The zero-order valence-electron chi connectivity index (χ0n) is 11.0. The van der Waals surface area contributed by atoms with Crippen LogP contribution in [0.15, 0.2) is 34.9 Å². The summed E-state index contributed by atoms with van der Waals surface area (Å²) in [6.07, 6.45) is 0.373. The topological polar surface area (TPSA) is 92.4 Å². The molecule has 2 aromatic rings. The van der Waals surface area contributed by atoms with E-state index in [0.29, 0.717) is 17.2 Å². The van der Waals surface area contributed by atoms with Gasteiger partial charge in [-0.2, -0.15) is 0 Å². The van der Waals surface area contributed by atoms with E-state index in [0.717, 1.165) is 5.56 Å². The zero-order chi connectivity index (χ0) is 15.2. The molecule has 0 aliphatic carbocycles. The summed E-state index contributed by atoms with van der Waals surface area (Å²) in [5, 5.41) is 15.4. The van der Waals surface area contributed by atoms with Gasteiger partial charge in [-0.15, -0.1) is 0 Å². The van der Waals surface area contributed by atoms with Gasteiger partial charge in [0.15, 0.2) is 11.5 Å². The van der Waals surface area contributed by atoms with E-state index in [1.54, 1.807) is 24.3 Å². The van der Waals surface area contributed by atoms with Crippen LogP contribution in [0, 0.1) is 0 Å². The number of amides is 1. The summed E-state index contributed by atoms with van der Waals surface area (Å²) in [5.41, 5.74) is 0.909. The Morgan fingerprint density at radius 3 is 2.67 bits per heavy atom. The van der Waals surface area contributed by atoms with Gasteiger partial charge in [0.2, 0.25) is 0 Å². The molecule has 0 radical (unpaired) electrons. The monoisotopic (exact) mass is 308 g/mol. The summed E-state index contributed by atoms with van der Waals surface area (Å²) in [6, 6.07) is 8.47. The first kappa shape index (κ1) is 15.1. The van der Waals surface area contributed by atoms with Crippen molar-refractivity contribution in [1.29, 1.82) is 0 Å². The molecule has 0 saturated carbocycles. The van der Waals surface area contributed by atoms with E-state index >= 15 is 0 Å². The number of aromatic nitrogens is 1. The lowest BCUT2D eigenvalue weighted by Crippen LogP contribution is -2.25. The van der Waals surface area contributed by atoms with Crippen LogP contribution in [-0.2, 0) is 4.79 Å². The lowest BCUT2D eigenvalue weighted by atomic mass is 10.1. The lowest BCUT2D eigenvalue weighted by molar-refractivity contribution is -0.137. The second-order valence-corrected chi connectivity index (χ2v) is 4.77. The Morgan fingerprint density at radius 1 is 1.29 bits per heavy atom. The summed E-state index contributed by atoms with van der Waals surface area (Å²) >= 11 is 5.80. The summed E-state index contributed by atoms with van der Waals surface area (Å²) in [6.45, 7) is 0.272. The van der Waals surface area contributed by atoms with E-state index in [2.05, 4.69) is 10.5 Å². The summed E-state index contributed by atoms with van der Waals surface area (Å²) < 4.78 is 5.11. The van der Waals surface area contributed by atoms with E-state index in [1.165, 1.54) is 6.07 Å². The Kier molecular flexibility index (Phi) is 4.94. The molecule has 1 amide bonds. The molecule has 1 heterocycles. The smallest absolute Gasteiger partial charge is 0.303 e. The van der Waals surface area contributed by atoms with Crippen molar-refractivity contribution in [3.05, 3.63) is 41.0 Å². The van der Waals surface area contributed by atoms with Crippen molar-refractivity contribution in [2.45, 2.75) is 12.8 Å². The number of rotatable bonds is 6. The highest BCUT2D eigenvalue weighted by Gasteiger charge is 2.13. The quantitative estimate of drug-likeness (QED) is 0.800. The van der Waals surface area contributed by atoms with Crippen LogP contribution < -0.4 is 5.32 Å². The van der Waals surface area contributed by atoms with Gasteiger partial charge in [-0.05, 0) is 30.7 Å². The van der Waals surface area contributed by atoms with Crippen molar-refractivity contribution in [2.24, 2.45) is 0 Å². The molecule has 0 bridgehead atoms. The van der Waals surface area contributed by atoms with Crippen LogP contribution in [0.25, 0.3) is 11.3 Å². The van der Waals surface area contributed by atoms with Crippen molar-refractivity contribution < 1.29 is 19.2 Å². The van der Waals surface area contributed by atoms with Crippen LogP contribution in [0.4, 0.5) is 0 Å². The van der Waals surface area contributed by atoms with Crippen LogP contribution in [0.5, 0.6) is 0 Å². The molecule has 1 aromatic carbocycles. The number of carbonyl (C=O) groups is 2. The number of carboxylic acids is 1. The molecule has 1 aromatic heterocycles. The van der Waals surface area contributed by atoms with Crippen molar-refractivity contribution in [2.75, 3.05) is 6.54 Å². The molecule has 0 aliphatic rings. The van der Waals surface area contributed by atoms with Gasteiger partial charge in [-0.25, -0.2) is 0 Å². The fraction of sp³-hybridized carbons (Fsp3) is 0.214.